The minimum Gasteiger partial charge on any atom is -0.495 e. The molecule has 1 aromatic heterocycles. The molecule has 0 saturated carbocycles. The van der Waals surface area contributed by atoms with Gasteiger partial charge < -0.3 is 15.0 Å². The highest BCUT2D eigenvalue weighted by atomic mass is 35.5. The predicted molar refractivity (Wildman–Crippen MR) is 83.2 cm³/mol. The SMILES string of the molecule is COc1ccsc1C(=O)N(C)C1CC2CCC(C1)N2.Cl. The Balaban J connectivity index is 0.00000147. The van der Waals surface area contributed by atoms with Crippen LogP contribution in [0.15, 0.2) is 11.4 Å². The van der Waals surface area contributed by atoms with E-state index in [1.807, 2.05) is 23.4 Å². The second-order valence-corrected chi connectivity index (χ2v) is 6.41. The fourth-order valence-corrected chi connectivity index (χ4v) is 4.12. The minimum absolute atomic E-state index is 0. The third kappa shape index (κ3) is 2.80. The molecule has 4 nitrogen and oxygen atoms in total. The van der Waals surface area contributed by atoms with Gasteiger partial charge in [-0.3, -0.25) is 4.79 Å². The molecule has 2 unspecified atom stereocenters. The smallest absolute Gasteiger partial charge is 0.267 e. The summed E-state index contributed by atoms with van der Waals surface area (Å²) in [7, 11) is 3.54. The first-order valence-electron chi connectivity index (χ1n) is 6.83. The van der Waals surface area contributed by atoms with Crippen molar-refractivity contribution in [2.24, 2.45) is 0 Å². The van der Waals surface area contributed by atoms with Crippen LogP contribution in [0.1, 0.15) is 35.4 Å². The predicted octanol–water partition coefficient (Wildman–Crippen LogP) is 2.53. The van der Waals surface area contributed by atoms with Gasteiger partial charge in [0.1, 0.15) is 10.6 Å². The standard InChI is InChI=1S/C14H20N2O2S.ClH/c1-16(11-7-9-3-4-10(8-11)15-9)14(17)13-12(18-2)5-6-19-13;/h5-6,9-11,15H,3-4,7-8H2,1-2H3;1H. The Kier molecular flexibility index (Phi) is 4.94. The first-order chi connectivity index (χ1) is 9.19. The van der Waals surface area contributed by atoms with Crippen LogP contribution < -0.4 is 10.1 Å². The molecule has 2 fully saturated rings. The van der Waals surface area contributed by atoms with Gasteiger partial charge in [-0.05, 0) is 37.1 Å². The van der Waals surface area contributed by atoms with Gasteiger partial charge in [0, 0.05) is 25.2 Å². The average molecular weight is 317 g/mol. The van der Waals surface area contributed by atoms with Crippen molar-refractivity contribution in [3.63, 3.8) is 0 Å². The molecule has 2 saturated heterocycles. The van der Waals surface area contributed by atoms with Crippen LogP contribution in [-0.4, -0.2) is 43.1 Å². The Bertz CT molecular complexity index is 467. The summed E-state index contributed by atoms with van der Waals surface area (Å²) in [5, 5.41) is 5.52. The van der Waals surface area contributed by atoms with Crippen molar-refractivity contribution >= 4 is 29.7 Å². The van der Waals surface area contributed by atoms with Gasteiger partial charge in [0.2, 0.25) is 0 Å². The van der Waals surface area contributed by atoms with Crippen molar-refractivity contribution < 1.29 is 9.53 Å². The van der Waals surface area contributed by atoms with E-state index in [-0.39, 0.29) is 18.3 Å². The third-order valence-electron chi connectivity index (χ3n) is 4.36. The van der Waals surface area contributed by atoms with E-state index in [0.717, 1.165) is 17.7 Å². The number of carbonyl (C=O) groups excluding carboxylic acids is 1. The number of ether oxygens (including phenoxy) is 1. The van der Waals surface area contributed by atoms with Crippen molar-refractivity contribution in [1.29, 1.82) is 0 Å². The fraction of sp³-hybridized carbons (Fsp3) is 0.643. The first-order valence-corrected chi connectivity index (χ1v) is 7.71. The first kappa shape index (κ1) is 15.6. The number of fused-ring (bicyclic) bond motifs is 2. The van der Waals surface area contributed by atoms with Gasteiger partial charge in [-0.2, -0.15) is 0 Å². The molecule has 3 heterocycles. The van der Waals surface area contributed by atoms with E-state index in [1.54, 1.807) is 7.11 Å². The lowest BCUT2D eigenvalue weighted by molar-refractivity contribution is 0.0683. The summed E-state index contributed by atoms with van der Waals surface area (Å²) < 4.78 is 5.25. The van der Waals surface area contributed by atoms with Gasteiger partial charge >= 0.3 is 0 Å². The summed E-state index contributed by atoms with van der Waals surface area (Å²) >= 11 is 1.46. The topological polar surface area (TPSA) is 41.6 Å². The van der Waals surface area contributed by atoms with Crippen LogP contribution in [0, 0.1) is 0 Å². The number of halogens is 1. The van der Waals surface area contributed by atoms with Crippen molar-refractivity contribution in [3.05, 3.63) is 16.3 Å². The fourth-order valence-electron chi connectivity index (χ4n) is 3.28. The summed E-state index contributed by atoms with van der Waals surface area (Å²) in [6, 6.07) is 3.42. The largest absolute Gasteiger partial charge is 0.495 e. The minimum atomic E-state index is 0. The quantitative estimate of drug-likeness (QED) is 0.931. The Labute approximate surface area is 129 Å². The molecule has 20 heavy (non-hydrogen) atoms. The van der Waals surface area contributed by atoms with Crippen LogP contribution in [0.25, 0.3) is 0 Å². The summed E-state index contributed by atoms with van der Waals surface area (Å²) in [6.45, 7) is 0. The van der Waals surface area contributed by atoms with Gasteiger partial charge in [-0.15, -0.1) is 23.7 Å². The molecule has 1 amide bonds. The van der Waals surface area contributed by atoms with Crippen molar-refractivity contribution in [2.45, 2.75) is 43.8 Å². The van der Waals surface area contributed by atoms with E-state index < -0.39 is 0 Å². The molecule has 112 valence electrons. The van der Waals surface area contributed by atoms with Gasteiger partial charge in [0.05, 0.1) is 7.11 Å². The monoisotopic (exact) mass is 316 g/mol. The van der Waals surface area contributed by atoms with Crippen molar-refractivity contribution in [2.75, 3.05) is 14.2 Å². The molecule has 2 aliphatic rings. The van der Waals surface area contributed by atoms with E-state index in [0.29, 0.717) is 23.9 Å². The number of hydrogen-bond donors (Lipinski definition) is 1. The van der Waals surface area contributed by atoms with Crippen LogP contribution in [0.2, 0.25) is 0 Å². The highest BCUT2D eigenvalue weighted by Gasteiger charge is 2.37. The summed E-state index contributed by atoms with van der Waals surface area (Å²) in [5.41, 5.74) is 0. The molecule has 1 aromatic rings. The average Bonchev–Trinajstić information content (AvgIpc) is 3.03. The second-order valence-electron chi connectivity index (χ2n) is 5.50. The maximum absolute atomic E-state index is 12.6. The van der Waals surface area contributed by atoms with Crippen LogP contribution in [-0.2, 0) is 0 Å². The number of nitrogens with zero attached hydrogens (tertiary/aromatic N) is 1. The molecule has 0 radical (unpaired) electrons. The highest BCUT2D eigenvalue weighted by molar-refractivity contribution is 7.12. The number of rotatable bonds is 3. The maximum atomic E-state index is 12.6. The van der Waals surface area contributed by atoms with Crippen LogP contribution in [0.3, 0.4) is 0 Å². The van der Waals surface area contributed by atoms with Crippen LogP contribution in [0.5, 0.6) is 5.75 Å². The Morgan fingerprint density at radius 1 is 1.40 bits per heavy atom. The number of thiophene rings is 1. The number of carbonyl (C=O) groups is 1. The third-order valence-corrected chi connectivity index (χ3v) is 5.24. The number of piperidine rings is 1. The maximum Gasteiger partial charge on any atom is 0.267 e. The molecule has 0 aromatic carbocycles. The normalized spacial score (nSPS) is 27.8. The number of hydrogen-bond acceptors (Lipinski definition) is 4. The van der Waals surface area contributed by atoms with E-state index in [1.165, 1.54) is 24.2 Å². The van der Waals surface area contributed by atoms with Gasteiger partial charge in [0.15, 0.2) is 0 Å². The van der Waals surface area contributed by atoms with E-state index in [4.69, 9.17) is 4.74 Å². The van der Waals surface area contributed by atoms with Crippen LogP contribution >= 0.6 is 23.7 Å². The summed E-state index contributed by atoms with van der Waals surface area (Å²) in [5.74, 6) is 0.789. The lowest BCUT2D eigenvalue weighted by Gasteiger charge is -2.35. The van der Waals surface area contributed by atoms with E-state index >= 15 is 0 Å². The second kappa shape index (κ2) is 6.33. The zero-order valence-corrected chi connectivity index (χ0v) is 13.4. The zero-order chi connectivity index (χ0) is 13.4. The van der Waals surface area contributed by atoms with E-state index in [9.17, 15) is 4.79 Å². The summed E-state index contributed by atoms with van der Waals surface area (Å²) in [4.78, 5) is 15.2. The summed E-state index contributed by atoms with van der Waals surface area (Å²) in [6.07, 6.45) is 4.66. The Morgan fingerprint density at radius 2 is 2.05 bits per heavy atom. The molecule has 3 rings (SSSR count). The number of nitrogens with one attached hydrogen (secondary N) is 1. The molecule has 6 heteroatoms. The lowest BCUT2D eigenvalue weighted by Crippen LogP contribution is -2.48. The molecule has 2 aliphatic heterocycles. The zero-order valence-electron chi connectivity index (χ0n) is 11.8. The van der Waals surface area contributed by atoms with Gasteiger partial charge in [-0.1, -0.05) is 0 Å². The molecular formula is C14H21ClN2O2S. The molecule has 2 bridgehead atoms. The van der Waals surface area contributed by atoms with E-state index in [2.05, 4.69) is 5.32 Å². The lowest BCUT2D eigenvalue weighted by atomic mass is 9.98. The molecule has 1 N–H and O–H groups in total. The van der Waals surface area contributed by atoms with Gasteiger partial charge in [-0.25, -0.2) is 0 Å². The molecule has 0 spiro atoms. The number of amides is 1. The number of methoxy groups -OCH3 is 1. The highest BCUT2D eigenvalue weighted by Crippen LogP contribution is 2.32. The van der Waals surface area contributed by atoms with Gasteiger partial charge in [0.25, 0.3) is 5.91 Å². The van der Waals surface area contributed by atoms with Crippen molar-refractivity contribution in [3.8, 4) is 5.75 Å². The Morgan fingerprint density at radius 3 is 2.65 bits per heavy atom. The Hall–Kier alpha value is -0.780. The van der Waals surface area contributed by atoms with Crippen LogP contribution in [0.4, 0.5) is 0 Å². The van der Waals surface area contributed by atoms with Crippen molar-refractivity contribution in [1.82, 2.24) is 10.2 Å². The molecule has 2 atom stereocenters. The molecule has 0 aliphatic carbocycles. The molecular weight excluding hydrogens is 296 g/mol.